The van der Waals surface area contributed by atoms with Gasteiger partial charge in [0.1, 0.15) is 0 Å². The second-order valence-corrected chi connectivity index (χ2v) is 19.2. The molecule has 0 N–H and O–H groups in total. The third-order valence-corrected chi connectivity index (χ3v) is 15.1. The predicted octanol–water partition coefficient (Wildman–Crippen LogP) is 17.8. The molecule has 0 fully saturated rings. The number of para-hydroxylation sites is 2. The summed E-state index contributed by atoms with van der Waals surface area (Å²) in [5, 5.41) is 11.9. The molecule has 0 bridgehead atoms. The molecule has 0 amide bonds. The average molecular weight is 917 g/mol. The number of pyridine rings is 2. The molecule has 0 spiro atoms. The van der Waals surface area contributed by atoms with Gasteiger partial charge in [-0.25, -0.2) is 9.97 Å². The summed E-state index contributed by atoms with van der Waals surface area (Å²) < 4.78 is 4.99. The minimum absolute atomic E-state index is 0.927. The largest absolute Gasteiger partial charge is 0.309 e. The second-order valence-electron chi connectivity index (χ2n) is 19.2. The molecule has 4 aromatic heterocycles. The van der Waals surface area contributed by atoms with Gasteiger partial charge in [-0.2, -0.15) is 0 Å². The van der Waals surface area contributed by atoms with Gasteiger partial charge >= 0.3 is 0 Å². The highest BCUT2D eigenvalue weighted by atomic mass is 15.0. The first-order valence-electron chi connectivity index (χ1n) is 25.0. The molecular weight excluding hydrogens is 873 g/mol. The number of nitrogens with zero attached hydrogens (tertiary/aromatic N) is 4. The van der Waals surface area contributed by atoms with Crippen LogP contribution in [0.15, 0.2) is 237 Å². The molecule has 0 radical (unpaired) electrons. The van der Waals surface area contributed by atoms with Crippen LogP contribution < -0.4 is 0 Å². The number of fused-ring (bicyclic) bond motifs is 11. The van der Waals surface area contributed by atoms with Gasteiger partial charge in [0, 0.05) is 43.8 Å². The summed E-state index contributed by atoms with van der Waals surface area (Å²) in [6.45, 7) is 0. The molecule has 336 valence electrons. The van der Waals surface area contributed by atoms with Crippen LogP contribution in [-0.2, 0) is 6.42 Å². The fraction of sp³-hybridized carbons (Fsp3) is 0.0294. The third kappa shape index (κ3) is 6.25. The molecule has 15 rings (SSSR count). The first-order valence-corrected chi connectivity index (χ1v) is 25.0. The van der Waals surface area contributed by atoms with E-state index in [4.69, 9.17) is 9.97 Å². The lowest BCUT2D eigenvalue weighted by molar-refractivity contribution is 0.986. The number of hydrogen-bond donors (Lipinski definition) is 0. The summed E-state index contributed by atoms with van der Waals surface area (Å²) in [5.41, 5.74) is 17.5. The Morgan fingerprint density at radius 1 is 0.333 bits per heavy atom. The molecule has 0 atom stereocenters. The number of aromatic nitrogens is 4. The maximum Gasteiger partial charge on any atom is 0.0736 e. The number of rotatable bonds is 6. The Morgan fingerprint density at radius 3 is 1.36 bits per heavy atom. The summed E-state index contributed by atoms with van der Waals surface area (Å²) >= 11 is 0. The van der Waals surface area contributed by atoms with Crippen LogP contribution in [0.3, 0.4) is 0 Å². The summed E-state index contributed by atoms with van der Waals surface area (Å²) in [6.07, 6.45) is 6.67. The van der Waals surface area contributed by atoms with Crippen LogP contribution in [-0.4, -0.2) is 19.1 Å². The first kappa shape index (κ1) is 40.5. The molecule has 0 aliphatic heterocycles. The molecule has 4 nitrogen and oxygen atoms in total. The van der Waals surface area contributed by atoms with Gasteiger partial charge in [-0.3, -0.25) is 0 Å². The van der Waals surface area contributed by atoms with Crippen molar-refractivity contribution in [1.29, 1.82) is 0 Å². The summed E-state index contributed by atoms with van der Waals surface area (Å²) in [6, 6.07) is 84.1. The molecule has 4 heteroatoms. The normalized spacial score (nSPS) is 12.6. The second kappa shape index (κ2) is 16.1. The lowest BCUT2D eigenvalue weighted by Crippen LogP contribution is -2.01. The van der Waals surface area contributed by atoms with Crippen LogP contribution >= 0.6 is 0 Å². The van der Waals surface area contributed by atoms with Gasteiger partial charge < -0.3 is 9.13 Å². The SMILES string of the molecule is C1=Cc2c(cccc2-c2cc(-n3c4ccccc4c4c3ccc3c5ccccc5n(-c5cc(-c6cccc7ccccc67)nc(-c6cccc7ccccc67)c5)c34)cc(-c3cccc4ccccc34)n2)CC1. The van der Waals surface area contributed by atoms with Gasteiger partial charge in [0.2, 0.25) is 0 Å². The lowest BCUT2D eigenvalue weighted by Gasteiger charge is -2.18. The van der Waals surface area contributed by atoms with Crippen molar-refractivity contribution in [2.24, 2.45) is 0 Å². The van der Waals surface area contributed by atoms with Crippen molar-refractivity contribution in [3.8, 4) is 56.4 Å². The molecular formula is C68H44N4. The molecule has 0 unspecified atom stereocenters. The fourth-order valence-electron chi connectivity index (χ4n) is 11.9. The predicted molar refractivity (Wildman–Crippen MR) is 302 cm³/mol. The van der Waals surface area contributed by atoms with E-state index >= 15 is 0 Å². The van der Waals surface area contributed by atoms with E-state index in [9.17, 15) is 0 Å². The van der Waals surface area contributed by atoms with Crippen molar-refractivity contribution in [1.82, 2.24) is 19.1 Å². The standard InChI is InChI=1S/C68H44N4/c1-5-25-49-43(17-1)21-13-31-53(49)60-39-47(40-61(69-60)54-32-14-22-44-18-2-6-26-50(44)54)71-65-36-12-10-30-59(65)67-66(71)38-37-58-57-29-9-11-35-64(57)72(68(58)67)48-41-62(55-33-15-23-45-19-3-7-27-51(45)55)70-63(42-48)56-34-16-24-46-20-4-8-28-52(46)56/h1,3-17,19-42H,2,18H2. The Bertz CT molecular complexity index is 4470. The van der Waals surface area contributed by atoms with Crippen molar-refractivity contribution < 1.29 is 0 Å². The van der Waals surface area contributed by atoms with Crippen molar-refractivity contribution in [3.05, 3.63) is 248 Å². The summed E-state index contributed by atoms with van der Waals surface area (Å²) in [5.74, 6) is 0. The molecule has 14 aromatic rings. The third-order valence-electron chi connectivity index (χ3n) is 15.1. The Labute approximate surface area is 416 Å². The molecule has 1 aliphatic carbocycles. The van der Waals surface area contributed by atoms with Gasteiger partial charge in [-0.05, 0) is 98.8 Å². The Hall–Kier alpha value is -9.38. The van der Waals surface area contributed by atoms with E-state index in [-0.39, 0.29) is 0 Å². The number of aryl methyl sites for hydroxylation is 1. The highest BCUT2D eigenvalue weighted by molar-refractivity contribution is 6.26. The molecule has 0 saturated heterocycles. The summed E-state index contributed by atoms with van der Waals surface area (Å²) in [4.78, 5) is 11.2. The lowest BCUT2D eigenvalue weighted by atomic mass is 9.91. The van der Waals surface area contributed by atoms with Crippen LogP contribution in [0.1, 0.15) is 17.5 Å². The van der Waals surface area contributed by atoms with Crippen LogP contribution in [0.4, 0.5) is 0 Å². The van der Waals surface area contributed by atoms with Gasteiger partial charge in [0.25, 0.3) is 0 Å². The number of benzene rings is 10. The van der Waals surface area contributed by atoms with Crippen LogP contribution in [0.5, 0.6) is 0 Å². The molecule has 4 heterocycles. The first-order chi connectivity index (χ1) is 35.7. The van der Waals surface area contributed by atoms with E-state index in [0.29, 0.717) is 0 Å². The van der Waals surface area contributed by atoms with E-state index < -0.39 is 0 Å². The van der Waals surface area contributed by atoms with Crippen molar-refractivity contribution in [2.45, 2.75) is 12.8 Å². The average Bonchev–Trinajstić information content (AvgIpc) is 3.97. The van der Waals surface area contributed by atoms with E-state index in [1.807, 2.05) is 0 Å². The van der Waals surface area contributed by atoms with E-state index in [1.165, 1.54) is 65.0 Å². The maximum absolute atomic E-state index is 5.58. The van der Waals surface area contributed by atoms with Gasteiger partial charge in [0.15, 0.2) is 0 Å². The highest BCUT2D eigenvalue weighted by Crippen LogP contribution is 2.45. The van der Waals surface area contributed by atoms with Crippen molar-refractivity contribution in [2.75, 3.05) is 0 Å². The van der Waals surface area contributed by atoms with Gasteiger partial charge in [-0.15, -0.1) is 0 Å². The van der Waals surface area contributed by atoms with E-state index in [0.717, 1.165) is 91.3 Å². The number of allylic oxidation sites excluding steroid dienone is 1. The van der Waals surface area contributed by atoms with Gasteiger partial charge in [0.05, 0.1) is 56.2 Å². The quantitative estimate of drug-likeness (QED) is 0.167. The Balaban J connectivity index is 1.05. The molecule has 0 saturated carbocycles. The smallest absolute Gasteiger partial charge is 0.0736 e. The Morgan fingerprint density at radius 2 is 0.778 bits per heavy atom. The minimum Gasteiger partial charge on any atom is -0.309 e. The fourth-order valence-corrected chi connectivity index (χ4v) is 11.9. The summed E-state index contributed by atoms with van der Waals surface area (Å²) in [7, 11) is 0. The van der Waals surface area contributed by atoms with E-state index in [2.05, 4.69) is 252 Å². The van der Waals surface area contributed by atoms with Gasteiger partial charge in [-0.1, -0.05) is 200 Å². The Kier molecular flexibility index (Phi) is 9.05. The highest BCUT2D eigenvalue weighted by Gasteiger charge is 2.24. The molecule has 10 aromatic carbocycles. The minimum atomic E-state index is 0.927. The van der Waals surface area contributed by atoms with Crippen LogP contribution in [0.2, 0.25) is 0 Å². The monoisotopic (exact) mass is 916 g/mol. The molecule has 1 aliphatic rings. The molecule has 72 heavy (non-hydrogen) atoms. The zero-order valence-corrected chi connectivity index (χ0v) is 39.3. The van der Waals surface area contributed by atoms with Crippen LogP contribution in [0, 0.1) is 0 Å². The topological polar surface area (TPSA) is 35.6 Å². The zero-order chi connectivity index (χ0) is 47.3. The maximum atomic E-state index is 5.58. The van der Waals surface area contributed by atoms with Crippen LogP contribution in [0.25, 0.3) is 138 Å². The van der Waals surface area contributed by atoms with Crippen molar-refractivity contribution in [3.63, 3.8) is 0 Å². The number of hydrogen-bond acceptors (Lipinski definition) is 2. The zero-order valence-electron chi connectivity index (χ0n) is 39.3. The van der Waals surface area contributed by atoms with Crippen molar-refractivity contribution >= 4 is 82.0 Å². The van der Waals surface area contributed by atoms with E-state index in [1.54, 1.807) is 0 Å².